The number of hydrogen-bond acceptors (Lipinski definition) is 3. The van der Waals surface area contributed by atoms with E-state index >= 15 is 0 Å². The first-order valence-electron chi connectivity index (χ1n) is 6.69. The molecular formula is C18H15NO2S. The fourth-order valence-electron chi connectivity index (χ4n) is 1.84. The topological polar surface area (TPSA) is 57.9 Å². The van der Waals surface area contributed by atoms with E-state index in [-0.39, 0.29) is 9.80 Å². The number of sulfone groups is 1. The zero-order valence-corrected chi connectivity index (χ0v) is 12.9. The minimum Gasteiger partial charge on any atom is -0.218 e. The lowest BCUT2D eigenvalue weighted by Crippen LogP contribution is -2.03. The van der Waals surface area contributed by atoms with Crippen molar-refractivity contribution < 1.29 is 8.42 Å². The number of allylic oxidation sites excluding steroid dienone is 3. The Morgan fingerprint density at radius 1 is 1.05 bits per heavy atom. The third-order valence-corrected chi connectivity index (χ3v) is 4.77. The van der Waals surface area contributed by atoms with E-state index in [0.29, 0.717) is 0 Å². The second-order valence-electron chi connectivity index (χ2n) is 4.73. The van der Waals surface area contributed by atoms with E-state index in [2.05, 4.69) is 0 Å². The predicted octanol–water partition coefficient (Wildman–Crippen LogP) is 3.89. The summed E-state index contributed by atoms with van der Waals surface area (Å²) in [6.07, 6.45) is 4.64. The quantitative estimate of drug-likeness (QED) is 0.636. The summed E-state index contributed by atoms with van der Waals surface area (Å²) in [6, 6.07) is 17.7. The van der Waals surface area contributed by atoms with Gasteiger partial charge in [0, 0.05) is 0 Å². The standard InChI is InChI=1S/C18H15NO2S/c1-15-10-12-17(13-11-15)22(20,21)18(14-19)9-5-8-16-6-3-2-4-7-16/h2-13H,1H3/b8-5+,18-9-. The van der Waals surface area contributed by atoms with E-state index in [1.807, 2.05) is 37.3 Å². The molecule has 0 saturated carbocycles. The van der Waals surface area contributed by atoms with Crippen LogP contribution in [0.3, 0.4) is 0 Å². The number of nitriles is 1. The molecule has 110 valence electrons. The van der Waals surface area contributed by atoms with E-state index in [9.17, 15) is 8.42 Å². The molecule has 0 amide bonds. The minimum atomic E-state index is -3.77. The van der Waals surface area contributed by atoms with Crippen LogP contribution in [0.15, 0.2) is 76.5 Å². The van der Waals surface area contributed by atoms with Gasteiger partial charge >= 0.3 is 0 Å². The number of benzene rings is 2. The Labute approximate surface area is 130 Å². The number of nitrogens with zero attached hydrogens (tertiary/aromatic N) is 1. The van der Waals surface area contributed by atoms with Crippen molar-refractivity contribution in [2.75, 3.05) is 0 Å². The maximum atomic E-state index is 12.4. The Morgan fingerprint density at radius 2 is 1.68 bits per heavy atom. The molecule has 2 aromatic rings. The normalized spacial score (nSPS) is 12.3. The summed E-state index contributed by atoms with van der Waals surface area (Å²) in [5, 5.41) is 9.14. The molecule has 0 bridgehead atoms. The predicted molar refractivity (Wildman–Crippen MR) is 87.5 cm³/mol. The molecule has 0 radical (unpaired) electrons. The summed E-state index contributed by atoms with van der Waals surface area (Å²) >= 11 is 0. The Bertz CT molecular complexity index is 840. The molecule has 0 aliphatic rings. The molecule has 0 fully saturated rings. The molecule has 0 unspecified atom stereocenters. The lowest BCUT2D eigenvalue weighted by atomic mass is 10.2. The lowest BCUT2D eigenvalue weighted by molar-refractivity contribution is 0.603. The maximum Gasteiger partial charge on any atom is 0.216 e. The second-order valence-corrected chi connectivity index (χ2v) is 6.65. The first kappa shape index (κ1) is 15.7. The fraction of sp³-hybridized carbons (Fsp3) is 0.0556. The lowest BCUT2D eigenvalue weighted by Gasteiger charge is -2.02. The first-order valence-corrected chi connectivity index (χ1v) is 8.17. The summed E-state index contributed by atoms with van der Waals surface area (Å²) in [7, 11) is -3.77. The van der Waals surface area contributed by atoms with Gasteiger partial charge in [-0.2, -0.15) is 5.26 Å². The molecular weight excluding hydrogens is 294 g/mol. The van der Waals surface area contributed by atoms with Gasteiger partial charge in [0.25, 0.3) is 0 Å². The summed E-state index contributed by atoms with van der Waals surface area (Å²) in [6.45, 7) is 1.88. The van der Waals surface area contributed by atoms with E-state index < -0.39 is 9.84 Å². The molecule has 0 saturated heterocycles. The summed E-state index contributed by atoms with van der Waals surface area (Å²) in [5.41, 5.74) is 1.90. The average Bonchev–Trinajstić information content (AvgIpc) is 2.53. The van der Waals surface area contributed by atoms with E-state index in [1.165, 1.54) is 18.2 Å². The van der Waals surface area contributed by atoms with Crippen LogP contribution in [0.1, 0.15) is 11.1 Å². The van der Waals surface area contributed by atoms with Gasteiger partial charge in [-0.25, -0.2) is 8.42 Å². The minimum absolute atomic E-state index is 0.124. The fourth-order valence-corrected chi connectivity index (χ4v) is 2.97. The molecule has 0 spiro atoms. The highest BCUT2D eigenvalue weighted by atomic mass is 32.2. The monoisotopic (exact) mass is 309 g/mol. The summed E-state index contributed by atoms with van der Waals surface area (Å²) in [4.78, 5) is -0.150. The van der Waals surface area contributed by atoms with Crippen molar-refractivity contribution in [3.05, 3.63) is 82.8 Å². The Balaban J connectivity index is 2.31. The molecule has 0 aromatic heterocycles. The molecule has 0 N–H and O–H groups in total. The molecule has 0 atom stereocenters. The highest BCUT2D eigenvalue weighted by Crippen LogP contribution is 2.19. The van der Waals surface area contributed by atoms with Crippen LogP contribution >= 0.6 is 0 Å². The van der Waals surface area contributed by atoms with E-state index in [4.69, 9.17) is 5.26 Å². The van der Waals surface area contributed by atoms with E-state index in [1.54, 1.807) is 30.4 Å². The van der Waals surface area contributed by atoms with Crippen LogP contribution in [0, 0.1) is 18.3 Å². The molecule has 0 heterocycles. The molecule has 3 nitrogen and oxygen atoms in total. The van der Waals surface area contributed by atoms with Crippen LogP contribution < -0.4 is 0 Å². The van der Waals surface area contributed by atoms with Crippen molar-refractivity contribution >= 4 is 15.9 Å². The summed E-state index contributed by atoms with van der Waals surface area (Å²) in [5.74, 6) is 0. The maximum absolute atomic E-state index is 12.4. The van der Waals surface area contributed by atoms with Crippen LogP contribution in [0.2, 0.25) is 0 Å². The first-order chi connectivity index (χ1) is 10.5. The molecule has 0 aliphatic carbocycles. The zero-order chi connectivity index (χ0) is 16.0. The van der Waals surface area contributed by atoms with Gasteiger partial charge in [-0.3, -0.25) is 0 Å². The Kier molecular flexibility index (Phi) is 4.92. The van der Waals surface area contributed by atoms with E-state index in [0.717, 1.165) is 11.1 Å². The second kappa shape index (κ2) is 6.88. The Morgan fingerprint density at radius 3 is 2.27 bits per heavy atom. The van der Waals surface area contributed by atoms with Crippen molar-refractivity contribution in [3.8, 4) is 6.07 Å². The van der Waals surface area contributed by atoms with Crippen molar-refractivity contribution in [2.24, 2.45) is 0 Å². The number of aryl methyl sites for hydroxylation is 1. The molecule has 2 aromatic carbocycles. The van der Waals surface area contributed by atoms with Crippen molar-refractivity contribution in [1.29, 1.82) is 5.26 Å². The molecule has 0 aliphatic heterocycles. The van der Waals surface area contributed by atoms with Crippen molar-refractivity contribution in [2.45, 2.75) is 11.8 Å². The van der Waals surface area contributed by atoms with Crippen LogP contribution in [-0.4, -0.2) is 8.42 Å². The van der Waals surface area contributed by atoms with Gasteiger partial charge < -0.3 is 0 Å². The van der Waals surface area contributed by atoms with Gasteiger partial charge in [0.15, 0.2) is 0 Å². The number of hydrogen-bond donors (Lipinski definition) is 0. The van der Waals surface area contributed by atoms with Gasteiger partial charge in [-0.15, -0.1) is 0 Å². The number of rotatable bonds is 4. The van der Waals surface area contributed by atoms with Gasteiger partial charge in [0.1, 0.15) is 11.0 Å². The van der Waals surface area contributed by atoms with Gasteiger partial charge in [0.2, 0.25) is 9.84 Å². The highest BCUT2D eigenvalue weighted by Gasteiger charge is 2.19. The van der Waals surface area contributed by atoms with Gasteiger partial charge in [0.05, 0.1) is 4.90 Å². The SMILES string of the molecule is Cc1ccc(S(=O)(=O)/C(C#N)=C\C=C\c2ccccc2)cc1. The zero-order valence-electron chi connectivity index (χ0n) is 12.1. The van der Waals surface area contributed by atoms with Crippen LogP contribution in [-0.2, 0) is 9.84 Å². The summed E-state index contributed by atoms with van der Waals surface area (Å²) < 4.78 is 24.8. The van der Waals surface area contributed by atoms with Gasteiger partial charge in [-0.1, -0.05) is 60.2 Å². The highest BCUT2D eigenvalue weighted by molar-refractivity contribution is 7.95. The van der Waals surface area contributed by atoms with Crippen LogP contribution in [0.5, 0.6) is 0 Å². The molecule has 4 heteroatoms. The van der Waals surface area contributed by atoms with Crippen LogP contribution in [0.4, 0.5) is 0 Å². The third kappa shape index (κ3) is 3.72. The Hall–Kier alpha value is -2.64. The van der Waals surface area contributed by atoms with Gasteiger partial charge in [-0.05, 0) is 30.7 Å². The van der Waals surface area contributed by atoms with Crippen molar-refractivity contribution in [1.82, 2.24) is 0 Å². The largest absolute Gasteiger partial charge is 0.218 e. The molecule has 2 rings (SSSR count). The van der Waals surface area contributed by atoms with Crippen LogP contribution in [0.25, 0.3) is 6.08 Å². The molecule has 22 heavy (non-hydrogen) atoms. The average molecular weight is 309 g/mol. The van der Waals surface area contributed by atoms with Crippen molar-refractivity contribution in [3.63, 3.8) is 0 Å². The third-order valence-electron chi connectivity index (χ3n) is 3.07. The smallest absolute Gasteiger partial charge is 0.216 e.